The molecule has 1 aromatic rings. The molecule has 0 aliphatic rings. The first kappa shape index (κ1) is 14.4. The number of thioether (sulfide) groups is 1. The summed E-state index contributed by atoms with van der Waals surface area (Å²) in [5, 5.41) is 7.23. The monoisotopic (exact) mass is 267 g/mol. The summed E-state index contributed by atoms with van der Waals surface area (Å²) >= 11 is -0.0205. The van der Waals surface area contributed by atoms with Gasteiger partial charge in [-0.1, -0.05) is 13.8 Å². The lowest BCUT2D eigenvalue weighted by Crippen LogP contribution is -2.21. The third-order valence-electron chi connectivity index (χ3n) is 1.99. The van der Waals surface area contributed by atoms with E-state index in [4.69, 9.17) is 0 Å². The lowest BCUT2D eigenvalue weighted by molar-refractivity contribution is -0.0328. The molecule has 0 unspecified atom stereocenters. The maximum absolute atomic E-state index is 11.9. The number of nitrogens with zero attached hydrogens (tertiary/aromatic N) is 2. The quantitative estimate of drug-likeness (QED) is 0.859. The molecule has 0 amide bonds. The molecule has 7 heteroatoms. The average molecular weight is 267 g/mol. The molecule has 0 atom stereocenters. The van der Waals surface area contributed by atoms with Gasteiger partial charge in [-0.3, -0.25) is 4.68 Å². The van der Waals surface area contributed by atoms with Crippen molar-refractivity contribution >= 4 is 11.8 Å². The fourth-order valence-corrected chi connectivity index (χ4v) is 1.71. The Labute approximate surface area is 103 Å². The second-order valence-corrected chi connectivity index (χ2v) is 5.10. The second kappa shape index (κ2) is 6.30. The number of hydrogen-bond donors (Lipinski definition) is 1. The Balaban J connectivity index is 2.31. The van der Waals surface area contributed by atoms with Crippen molar-refractivity contribution in [3.8, 4) is 0 Å². The Morgan fingerprint density at radius 2 is 2.18 bits per heavy atom. The van der Waals surface area contributed by atoms with Gasteiger partial charge in [0.2, 0.25) is 0 Å². The van der Waals surface area contributed by atoms with Crippen molar-refractivity contribution in [1.29, 1.82) is 0 Å². The summed E-state index contributed by atoms with van der Waals surface area (Å²) in [6.07, 6.45) is 3.44. The molecule has 1 heterocycles. The van der Waals surface area contributed by atoms with E-state index >= 15 is 0 Å². The fraction of sp³-hybridized carbons (Fsp3) is 0.700. The van der Waals surface area contributed by atoms with Crippen LogP contribution >= 0.6 is 11.8 Å². The van der Waals surface area contributed by atoms with Crippen LogP contribution in [0, 0.1) is 0 Å². The molecule has 1 aromatic heterocycles. The Morgan fingerprint density at radius 3 is 2.76 bits per heavy atom. The van der Waals surface area contributed by atoms with Crippen LogP contribution in [-0.4, -0.2) is 27.1 Å². The predicted octanol–water partition coefficient (Wildman–Crippen LogP) is 2.63. The first-order chi connectivity index (χ1) is 7.87. The molecule has 0 saturated heterocycles. The van der Waals surface area contributed by atoms with Gasteiger partial charge in [-0.05, 0) is 11.8 Å². The number of rotatable bonds is 6. The standard InChI is InChI=1S/C10H16F3N3S/c1-8(2)14-5-9-6-15-16(7-9)3-4-17-10(11,12)13/h6-8,14H,3-5H2,1-2H3. The van der Waals surface area contributed by atoms with Crippen molar-refractivity contribution in [2.75, 3.05) is 5.75 Å². The van der Waals surface area contributed by atoms with Gasteiger partial charge < -0.3 is 5.32 Å². The SMILES string of the molecule is CC(C)NCc1cnn(CCSC(F)(F)F)c1. The van der Waals surface area contributed by atoms with Crippen molar-refractivity contribution in [2.24, 2.45) is 0 Å². The van der Waals surface area contributed by atoms with Gasteiger partial charge in [0.15, 0.2) is 0 Å². The van der Waals surface area contributed by atoms with Crippen LogP contribution in [0.4, 0.5) is 13.2 Å². The van der Waals surface area contributed by atoms with Crippen LogP contribution in [0.2, 0.25) is 0 Å². The van der Waals surface area contributed by atoms with E-state index in [0.29, 0.717) is 12.6 Å². The van der Waals surface area contributed by atoms with Gasteiger partial charge in [0.25, 0.3) is 0 Å². The van der Waals surface area contributed by atoms with Gasteiger partial charge in [0, 0.05) is 30.1 Å². The molecule has 0 aliphatic carbocycles. The normalized spacial score (nSPS) is 12.4. The molecular weight excluding hydrogens is 251 g/mol. The van der Waals surface area contributed by atoms with Gasteiger partial charge in [-0.25, -0.2) is 0 Å². The second-order valence-electron chi connectivity index (χ2n) is 3.94. The number of nitrogens with one attached hydrogen (secondary N) is 1. The predicted molar refractivity (Wildman–Crippen MR) is 62.7 cm³/mol. The summed E-state index contributed by atoms with van der Waals surface area (Å²) in [7, 11) is 0. The van der Waals surface area contributed by atoms with Crippen LogP contribution in [0.3, 0.4) is 0 Å². The van der Waals surface area contributed by atoms with Crippen molar-refractivity contribution in [2.45, 2.75) is 38.5 Å². The Kier molecular flexibility index (Phi) is 5.32. The van der Waals surface area contributed by atoms with E-state index in [1.54, 1.807) is 12.4 Å². The van der Waals surface area contributed by atoms with E-state index in [9.17, 15) is 13.2 Å². The zero-order chi connectivity index (χ0) is 12.9. The van der Waals surface area contributed by atoms with Crippen LogP contribution in [-0.2, 0) is 13.1 Å². The molecule has 0 radical (unpaired) electrons. The highest BCUT2D eigenvalue weighted by Crippen LogP contribution is 2.29. The molecule has 0 saturated carbocycles. The maximum Gasteiger partial charge on any atom is 0.441 e. The molecule has 0 bridgehead atoms. The van der Waals surface area contributed by atoms with E-state index < -0.39 is 5.51 Å². The van der Waals surface area contributed by atoms with Gasteiger partial charge in [0.1, 0.15) is 0 Å². The van der Waals surface area contributed by atoms with Crippen LogP contribution in [0.5, 0.6) is 0 Å². The van der Waals surface area contributed by atoms with E-state index in [2.05, 4.69) is 10.4 Å². The largest absolute Gasteiger partial charge is 0.441 e. The number of hydrogen-bond acceptors (Lipinski definition) is 3. The summed E-state index contributed by atoms with van der Waals surface area (Å²) in [6, 6.07) is 0.374. The maximum atomic E-state index is 11.9. The third-order valence-corrected chi connectivity index (χ3v) is 2.70. The van der Waals surface area contributed by atoms with Gasteiger partial charge in [-0.2, -0.15) is 18.3 Å². The average Bonchev–Trinajstić information content (AvgIpc) is 2.61. The highest BCUT2D eigenvalue weighted by atomic mass is 32.2. The van der Waals surface area contributed by atoms with Gasteiger partial charge >= 0.3 is 5.51 Å². The third kappa shape index (κ3) is 6.58. The molecule has 17 heavy (non-hydrogen) atoms. The van der Waals surface area contributed by atoms with Crippen LogP contribution in [0.15, 0.2) is 12.4 Å². The summed E-state index contributed by atoms with van der Waals surface area (Å²) in [5.41, 5.74) is -3.18. The lowest BCUT2D eigenvalue weighted by atomic mass is 10.3. The van der Waals surface area contributed by atoms with Gasteiger partial charge in [0.05, 0.1) is 12.7 Å². The van der Waals surface area contributed by atoms with E-state index in [1.165, 1.54) is 4.68 Å². The Bertz CT molecular complexity index is 336. The zero-order valence-electron chi connectivity index (χ0n) is 9.79. The number of alkyl halides is 3. The number of aryl methyl sites for hydroxylation is 1. The smallest absolute Gasteiger partial charge is 0.310 e. The summed E-state index contributed by atoms with van der Waals surface area (Å²) < 4.78 is 37.2. The minimum absolute atomic E-state index is 0.0117. The highest BCUT2D eigenvalue weighted by Gasteiger charge is 2.27. The molecule has 0 aliphatic heterocycles. The first-order valence-electron chi connectivity index (χ1n) is 5.32. The van der Waals surface area contributed by atoms with Gasteiger partial charge in [-0.15, -0.1) is 0 Å². The van der Waals surface area contributed by atoms with Crippen molar-refractivity contribution < 1.29 is 13.2 Å². The van der Waals surface area contributed by atoms with E-state index in [1.807, 2.05) is 13.8 Å². The van der Waals surface area contributed by atoms with Crippen molar-refractivity contribution in [3.63, 3.8) is 0 Å². The number of aromatic nitrogens is 2. The zero-order valence-corrected chi connectivity index (χ0v) is 10.6. The Hall–Kier alpha value is -0.690. The minimum atomic E-state index is -4.16. The molecular formula is C10H16F3N3S. The molecule has 98 valence electrons. The highest BCUT2D eigenvalue weighted by molar-refractivity contribution is 8.00. The summed E-state index contributed by atoms with van der Waals surface area (Å²) in [6.45, 7) is 5.02. The molecule has 0 aromatic carbocycles. The van der Waals surface area contributed by atoms with E-state index in [-0.39, 0.29) is 24.1 Å². The molecule has 0 spiro atoms. The molecule has 0 fully saturated rings. The molecule has 3 nitrogen and oxygen atoms in total. The van der Waals surface area contributed by atoms with Crippen molar-refractivity contribution in [1.82, 2.24) is 15.1 Å². The topological polar surface area (TPSA) is 29.9 Å². The Morgan fingerprint density at radius 1 is 1.47 bits per heavy atom. The fourth-order valence-electron chi connectivity index (χ4n) is 1.20. The van der Waals surface area contributed by atoms with Crippen LogP contribution in [0.1, 0.15) is 19.4 Å². The molecule has 1 N–H and O–H groups in total. The summed E-state index contributed by atoms with van der Waals surface area (Å²) in [4.78, 5) is 0. The lowest BCUT2D eigenvalue weighted by Gasteiger charge is -2.06. The minimum Gasteiger partial charge on any atom is -0.310 e. The van der Waals surface area contributed by atoms with E-state index in [0.717, 1.165) is 5.56 Å². The van der Waals surface area contributed by atoms with Crippen LogP contribution in [0.25, 0.3) is 0 Å². The number of halogens is 3. The molecule has 1 rings (SSSR count). The first-order valence-corrected chi connectivity index (χ1v) is 6.31. The summed E-state index contributed by atoms with van der Waals surface area (Å²) in [5.74, 6) is -0.0117. The van der Waals surface area contributed by atoms with Crippen LogP contribution < -0.4 is 5.32 Å². The van der Waals surface area contributed by atoms with Crippen molar-refractivity contribution in [3.05, 3.63) is 18.0 Å².